The third kappa shape index (κ3) is 1.90. The van der Waals surface area contributed by atoms with Crippen LogP contribution in [0, 0.1) is 0 Å². The highest BCUT2D eigenvalue weighted by atomic mass is 19.1. The molecule has 11 heavy (non-hydrogen) atoms. The summed E-state index contributed by atoms with van der Waals surface area (Å²) < 4.78 is 13.3. The Kier molecular flexibility index (Phi) is 2.99. The summed E-state index contributed by atoms with van der Waals surface area (Å²) in [5.41, 5.74) is -2.35. The van der Waals surface area contributed by atoms with Crippen LogP contribution in [-0.4, -0.2) is 16.7 Å². The van der Waals surface area contributed by atoms with Gasteiger partial charge in [0.2, 0.25) is 5.67 Å². The van der Waals surface area contributed by atoms with Crippen LogP contribution in [-0.2, 0) is 4.79 Å². The Bertz CT molecular complexity index is 182. The molecule has 0 saturated carbocycles. The van der Waals surface area contributed by atoms with Crippen molar-refractivity contribution in [2.24, 2.45) is 0 Å². The smallest absolute Gasteiger partial charge is 0.346 e. The van der Waals surface area contributed by atoms with Gasteiger partial charge in [-0.2, -0.15) is 0 Å². The number of carbonyl (C=O) groups is 1. The number of carboxylic acids is 1. The predicted octanol–water partition coefficient (Wildman–Crippen LogP) is 1.93. The molecular weight excluding hydrogens is 147 g/mol. The minimum absolute atomic E-state index is 0.00935. The zero-order chi connectivity index (χ0) is 9.07. The van der Waals surface area contributed by atoms with E-state index < -0.39 is 11.6 Å². The molecule has 0 radical (unpaired) electrons. The van der Waals surface area contributed by atoms with Crippen LogP contribution in [0.5, 0.6) is 0 Å². The summed E-state index contributed by atoms with van der Waals surface area (Å²) in [6.07, 6.45) is 0.987. The van der Waals surface area contributed by atoms with E-state index in [1.807, 2.05) is 0 Å². The van der Waals surface area contributed by atoms with Crippen LogP contribution >= 0.6 is 0 Å². The molecule has 3 heteroatoms. The molecule has 2 nitrogen and oxygen atoms in total. The van der Waals surface area contributed by atoms with E-state index in [1.165, 1.54) is 13.0 Å². The van der Waals surface area contributed by atoms with E-state index in [-0.39, 0.29) is 12.0 Å². The van der Waals surface area contributed by atoms with Crippen molar-refractivity contribution in [1.29, 1.82) is 0 Å². The lowest BCUT2D eigenvalue weighted by molar-refractivity contribution is -0.147. The van der Waals surface area contributed by atoms with Gasteiger partial charge in [-0.3, -0.25) is 0 Å². The number of carboxylic acid groups (broad SMARTS) is 1. The standard InChI is InChI=1S/C8H11FO2/c1-4-5-8(9,6(2)3)7(10)11/h4H,1-2,5H2,3H3,(H,10,11). The SMILES string of the molecule is C=CCC(F)(C(=C)C)C(=O)O. The third-order valence-electron chi connectivity index (χ3n) is 1.44. The van der Waals surface area contributed by atoms with Crippen molar-refractivity contribution in [3.63, 3.8) is 0 Å². The van der Waals surface area contributed by atoms with Crippen molar-refractivity contribution in [2.45, 2.75) is 19.0 Å². The lowest BCUT2D eigenvalue weighted by Gasteiger charge is -2.18. The molecule has 62 valence electrons. The molecular formula is C8H11FO2. The van der Waals surface area contributed by atoms with Crippen molar-refractivity contribution >= 4 is 5.97 Å². The minimum atomic E-state index is -2.35. The first kappa shape index (κ1) is 9.88. The molecule has 0 aliphatic carbocycles. The highest BCUT2D eigenvalue weighted by molar-refractivity contribution is 5.81. The Hall–Kier alpha value is -1.12. The molecule has 0 aliphatic rings. The maximum Gasteiger partial charge on any atom is 0.346 e. The van der Waals surface area contributed by atoms with Crippen LogP contribution in [0.4, 0.5) is 4.39 Å². The van der Waals surface area contributed by atoms with E-state index in [2.05, 4.69) is 13.2 Å². The molecule has 0 aromatic heterocycles. The fourth-order valence-electron chi connectivity index (χ4n) is 0.643. The summed E-state index contributed by atoms with van der Waals surface area (Å²) in [5, 5.41) is 8.45. The van der Waals surface area contributed by atoms with Gasteiger partial charge in [-0.05, 0) is 12.5 Å². The van der Waals surface area contributed by atoms with Gasteiger partial charge < -0.3 is 5.11 Å². The van der Waals surface area contributed by atoms with Crippen LogP contribution in [0.3, 0.4) is 0 Å². The highest BCUT2D eigenvalue weighted by Gasteiger charge is 2.38. The minimum Gasteiger partial charge on any atom is -0.479 e. The van der Waals surface area contributed by atoms with Gasteiger partial charge in [-0.15, -0.1) is 6.58 Å². The van der Waals surface area contributed by atoms with Crippen molar-refractivity contribution in [1.82, 2.24) is 0 Å². The second kappa shape index (κ2) is 3.32. The van der Waals surface area contributed by atoms with E-state index in [4.69, 9.17) is 5.11 Å². The molecule has 0 aliphatic heterocycles. The summed E-state index contributed by atoms with van der Waals surface area (Å²) in [4.78, 5) is 10.4. The van der Waals surface area contributed by atoms with E-state index in [0.29, 0.717) is 0 Å². The van der Waals surface area contributed by atoms with Gasteiger partial charge in [0.1, 0.15) is 0 Å². The molecule has 1 atom stereocenters. The fourth-order valence-corrected chi connectivity index (χ4v) is 0.643. The van der Waals surface area contributed by atoms with Gasteiger partial charge in [-0.1, -0.05) is 12.7 Å². The van der Waals surface area contributed by atoms with Crippen molar-refractivity contribution in [3.05, 3.63) is 24.8 Å². The number of allylic oxidation sites excluding steroid dienone is 1. The maximum atomic E-state index is 13.3. The average Bonchev–Trinajstić information content (AvgIpc) is 1.87. The number of aliphatic carboxylic acids is 1. The highest BCUT2D eigenvalue weighted by Crippen LogP contribution is 2.25. The zero-order valence-electron chi connectivity index (χ0n) is 6.43. The Morgan fingerprint density at radius 3 is 2.36 bits per heavy atom. The molecule has 0 fully saturated rings. The van der Waals surface area contributed by atoms with Crippen LogP contribution in [0.15, 0.2) is 24.8 Å². The van der Waals surface area contributed by atoms with Crippen molar-refractivity contribution < 1.29 is 14.3 Å². The van der Waals surface area contributed by atoms with Gasteiger partial charge in [0, 0.05) is 6.42 Å². The third-order valence-corrected chi connectivity index (χ3v) is 1.44. The Morgan fingerprint density at radius 1 is 1.82 bits per heavy atom. The van der Waals surface area contributed by atoms with E-state index in [0.717, 1.165) is 0 Å². The molecule has 0 aromatic carbocycles. The first-order valence-corrected chi connectivity index (χ1v) is 3.14. The number of hydrogen-bond acceptors (Lipinski definition) is 1. The fraction of sp³-hybridized carbons (Fsp3) is 0.375. The van der Waals surface area contributed by atoms with Crippen LogP contribution in [0.1, 0.15) is 13.3 Å². The molecule has 0 amide bonds. The summed E-state index contributed by atoms with van der Waals surface area (Å²) in [7, 11) is 0. The second-order valence-corrected chi connectivity index (χ2v) is 2.38. The summed E-state index contributed by atoms with van der Waals surface area (Å²) >= 11 is 0. The lowest BCUT2D eigenvalue weighted by atomic mass is 9.95. The van der Waals surface area contributed by atoms with Gasteiger partial charge in [0.15, 0.2) is 0 Å². The number of halogens is 1. The van der Waals surface area contributed by atoms with Gasteiger partial charge in [0.25, 0.3) is 0 Å². The molecule has 0 bridgehead atoms. The van der Waals surface area contributed by atoms with Gasteiger partial charge >= 0.3 is 5.97 Å². The van der Waals surface area contributed by atoms with Crippen LogP contribution < -0.4 is 0 Å². The molecule has 0 heterocycles. The molecule has 0 spiro atoms. The largest absolute Gasteiger partial charge is 0.479 e. The quantitative estimate of drug-likeness (QED) is 0.635. The molecule has 0 rings (SSSR count). The van der Waals surface area contributed by atoms with Gasteiger partial charge in [0.05, 0.1) is 0 Å². The summed E-state index contributed by atoms with van der Waals surface area (Å²) in [6.45, 7) is 7.87. The number of alkyl halides is 1. The topological polar surface area (TPSA) is 37.3 Å². The Balaban J connectivity index is 4.65. The average molecular weight is 158 g/mol. The number of rotatable bonds is 4. The Morgan fingerprint density at radius 2 is 2.27 bits per heavy atom. The lowest BCUT2D eigenvalue weighted by Crippen LogP contribution is -2.33. The van der Waals surface area contributed by atoms with E-state index >= 15 is 0 Å². The monoisotopic (exact) mass is 158 g/mol. The number of hydrogen-bond donors (Lipinski definition) is 1. The normalized spacial score (nSPS) is 15.1. The molecule has 0 aromatic rings. The first-order valence-electron chi connectivity index (χ1n) is 3.14. The summed E-state index contributed by atoms with van der Waals surface area (Å²) in [5.74, 6) is -1.51. The Labute approximate surface area is 65.0 Å². The molecule has 0 saturated heterocycles. The first-order chi connectivity index (χ1) is 4.95. The molecule has 1 N–H and O–H groups in total. The van der Waals surface area contributed by atoms with Crippen LogP contribution in [0.2, 0.25) is 0 Å². The molecule has 1 unspecified atom stereocenters. The van der Waals surface area contributed by atoms with Crippen molar-refractivity contribution in [2.75, 3.05) is 0 Å². The summed E-state index contributed by atoms with van der Waals surface area (Å²) in [6, 6.07) is 0. The maximum absolute atomic E-state index is 13.3. The van der Waals surface area contributed by atoms with Crippen molar-refractivity contribution in [3.8, 4) is 0 Å². The predicted molar refractivity (Wildman–Crippen MR) is 41.1 cm³/mol. The van der Waals surface area contributed by atoms with Crippen LogP contribution in [0.25, 0.3) is 0 Å². The zero-order valence-corrected chi connectivity index (χ0v) is 6.43. The van der Waals surface area contributed by atoms with E-state index in [9.17, 15) is 9.18 Å². The second-order valence-electron chi connectivity index (χ2n) is 2.38. The van der Waals surface area contributed by atoms with Gasteiger partial charge in [-0.25, -0.2) is 9.18 Å². The van der Waals surface area contributed by atoms with E-state index in [1.54, 1.807) is 0 Å².